The lowest BCUT2D eigenvalue weighted by molar-refractivity contribution is 0.132. The van der Waals surface area contributed by atoms with E-state index in [-0.39, 0.29) is 6.10 Å². The van der Waals surface area contributed by atoms with Crippen molar-refractivity contribution >= 4 is 5.96 Å². The predicted octanol–water partition coefficient (Wildman–Crippen LogP) is 2.27. The molecule has 1 aliphatic heterocycles. The molecule has 0 radical (unpaired) electrons. The Morgan fingerprint density at radius 1 is 1.55 bits per heavy atom. The van der Waals surface area contributed by atoms with Crippen LogP contribution in [0.25, 0.3) is 0 Å². The van der Waals surface area contributed by atoms with Gasteiger partial charge in [-0.3, -0.25) is 4.99 Å². The maximum Gasteiger partial charge on any atom is 0.194 e. The fraction of sp³-hybridized carbons (Fsp3) is 0.706. The second-order valence-corrected chi connectivity index (χ2v) is 6.22. The van der Waals surface area contributed by atoms with E-state index in [9.17, 15) is 5.11 Å². The van der Waals surface area contributed by atoms with Gasteiger partial charge in [0.2, 0.25) is 0 Å². The third-order valence-corrected chi connectivity index (χ3v) is 4.39. The minimum absolute atomic E-state index is 0.252. The Bertz CT molecular complexity index is 456. The van der Waals surface area contributed by atoms with Gasteiger partial charge < -0.3 is 19.7 Å². The van der Waals surface area contributed by atoms with Crippen molar-refractivity contribution in [1.82, 2.24) is 10.2 Å². The van der Waals surface area contributed by atoms with E-state index in [1.54, 1.807) is 6.26 Å². The molecule has 0 amide bonds. The number of rotatable bonds is 6. The molecule has 5 heteroatoms. The maximum absolute atomic E-state index is 9.78. The van der Waals surface area contributed by atoms with Crippen LogP contribution < -0.4 is 5.32 Å². The third kappa shape index (κ3) is 4.77. The number of aliphatic imine (C=N–C) groups is 1. The summed E-state index contributed by atoms with van der Waals surface area (Å²) in [5.74, 6) is 2.27. The van der Waals surface area contributed by atoms with Crippen LogP contribution in [0, 0.1) is 5.92 Å². The van der Waals surface area contributed by atoms with E-state index in [0.717, 1.165) is 44.1 Å². The summed E-state index contributed by atoms with van der Waals surface area (Å²) in [6.45, 7) is 8.76. The van der Waals surface area contributed by atoms with E-state index >= 15 is 0 Å². The van der Waals surface area contributed by atoms with Crippen LogP contribution in [0.1, 0.15) is 39.4 Å². The van der Waals surface area contributed by atoms with Crippen molar-refractivity contribution in [2.45, 2.75) is 52.2 Å². The summed E-state index contributed by atoms with van der Waals surface area (Å²) in [7, 11) is 0. The fourth-order valence-corrected chi connectivity index (χ4v) is 2.66. The van der Waals surface area contributed by atoms with E-state index in [2.05, 4.69) is 24.1 Å². The van der Waals surface area contributed by atoms with Crippen LogP contribution in [0.5, 0.6) is 0 Å². The highest BCUT2D eigenvalue weighted by Gasteiger charge is 2.28. The number of guanidine groups is 1. The lowest BCUT2D eigenvalue weighted by atomic mass is 10.0. The number of hydrogen-bond donors (Lipinski definition) is 2. The molecule has 3 atom stereocenters. The molecule has 2 rings (SSSR count). The van der Waals surface area contributed by atoms with Gasteiger partial charge in [-0.1, -0.05) is 6.92 Å². The molecule has 1 saturated heterocycles. The molecule has 1 aliphatic rings. The molecule has 2 N–H and O–H groups in total. The molecule has 0 aromatic carbocycles. The second-order valence-electron chi connectivity index (χ2n) is 6.22. The molecule has 0 saturated carbocycles. The van der Waals surface area contributed by atoms with Crippen LogP contribution in [0.2, 0.25) is 0 Å². The Kier molecular flexibility index (Phi) is 6.31. The van der Waals surface area contributed by atoms with Gasteiger partial charge in [0, 0.05) is 38.0 Å². The number of nitrogens with one attached hydrogen (secondary N) is 1. The Balaban J connectivity index is 1.96. The minimum atomic E-state index is -0.252. The summed E-state index contributed by atoms with van der Waals surface area (Å²) in [6.07, 6.45) is 4.34. The topological polar surface area (TPSA) is 61.0 Å². The van der Waals surface area contributed by atoms with E-state index in [1.807, 2.05) is 19.1 Å². The first-order valence-corrected chi connectivity index (χ1v) is 8.36. The van der Waals surface area contributed by atoms with Gasteiger partial charge in [0.15, 0.2) is 5.96 Å². The first kappa shape index (κ1) is 16.9. The molecule has 0 aliphatic carbocycles. The number of aliphatic hydroxyl groups is 1. The summed E-state index contributed by atoms with van der Waals surface area (Å²) in [5.41, 5.74) is 0. The first-order valence-electron chi connectivity index (χ1n) is 8.36. The summed E-state index contributed by atoms with van der Waals surface area (Å²) < 4.78 is 5.36. The monoisotopic (exact) mass is 307 g/mol. The van der Waals surface area contributed by atoms with Gasteiger partial charge in [-0.15, -0.1) is 0 Å². The van der Waals surface area contributed by atoms with Crippen LogP contribution in [0.4, 0.5) is 0 Å². The Morgan fingerprint density at radius 3 is 2.95 bits per heavy atom. The quantitative estimate of drug-likeness (QED) is 0.625. The number of nitrogens with zero attached hydrogens (tertiary/aromatic N) is 2. The van der Waals surface area contributed by atoms with Crippen molar-refractivity contribution in [3.8, 4) is 0 Å². The normalized spacial score (nSPS) is 21.9. The van der Waals surface area contributed by atoms with Crippen molar-refractivity contribution in [1.29, 1.82) is 0 Å². The highest BCUT2D eigenvalue weighted by Crippen LogP contribution is 2.19. The van der Waals surface area contributed by atoms with E-state index in [4.69, 9.17) is 9.41 Å². The zero-order chi connectivity index (χ0) is 15.9. The summed E-state index contributed by atoms with van der Waals surface area (Å²) >= 11 is 0. The molecular formula is C17H29N3O2. The molecule has 5 nitrogen and oxygen atoms in total. The standard InChI is InChI=1S/C17H29N3O2/c1-4-13(2)19-17(18-9-7-16-6-5-11-22-16)20-10-8-15(12-20)14(3)21/h5-6,11,13-15,21H,4,7-10,12H2,1-3H3,(H,18,19). The summed E-state index contributed by atoms with van der Waals surface area (Å²) in [5, 5.41) is 13.3. The number of likely N-dealkylation sites (tertiary alicyclic amines) is 1. The lowest BCUT2D eigenvalue weighted by Crippen LogP contribution is -2.44. The Labute approximate surface area is 133 Å². The number of aliphatic hydroxyl groups excluding tert-OH is 1. The second kappa shape index (κ2) is 8.22. The molecule has 0 bridgehead atoms. The molecule has 3 unspecified atom stereocenters. The molecular weight excluding hydrogens is 278 g/mol. The number of hydrogen-bond acceptors (Lipinski definition) is 3. The fourth-order valence-electron chi connectivity index (χ4n) is 2.66. The smallest absolute Gasteiger partial charge is 0.194 e. The van der Waals surface area contributed by atoms with E-state index < -0.39 is 0 Å². The van der Waals surface area contributed by atoms with Crippen LogP contribution >= 0.6 is 0 Å². The predicted molar refractivity (Wildman–Crippen MR) is 89.0 cm³/mol. The summed E-state index contributed by atoms with van der Waals surface area (Å²) in [6, 6.07) is 4.29. The van der Waals surface area contributed by atoms with Gasteiger partial charge in [-0.05, 0) is 38.8 Å². The Hall–Kier alpha value is -1.49. The SMILES string of the molecule is CCC(C)NC(=NCCc1ccco1)N1CCC(C(C)O)C1. The van der Waals surface area contributed by atoms with E-state index in [0.29, 0.717) is 18.5 Å². The highest BCUT2D eigenvalue weighted by atomic mass is 16.3. The molecule has 1 aromatic heterocycles. The lowest BCUT2D eigenvalue weighted by Gasteiger charge is -2.25. The molecule has 0 spiro atoms. The molecule has 1 aromatic rings. The van der Waals surface area contributed by atoms with Crippen molar-refractivity contribution in [3.05, 3.63) is 24.2 Å². The molecule has 22 heavy (non-hydrogen) atoms. The molecule has 2 heterocycles. The van der Waals surface area contributed by atoms with Crippen molar-refractivity contribution < 1.29 is 9.52 Å². The minimum Gasteiger partial charge on any atom is -0.469 e. The Morgan fingerprint density at radius 2 is 2.36 bits per heavy atom. The van der Waals surface area contributed by atoms with Crippen LogP contribution in [0.15, 0.2) is 27.8 Å². The zero-order valence-corrected chi connectivity index (χ0v) is 14.0. The van der Waals surface area contributed by atoms with Gasteiger partial charge in [0.05, 0.1) is 12.4 Å². The largest absolute Gasteiger partial charge is 0.469 e. The van der Waals surface area contributed by atoms with Crippen molar-refractivity contribution in [3.63, 3.8) is 0 Å². The van der Waals surface area contributed by atoms with Crippen LogP contribution in [0.3, 0.4) is 0 Å². The average Bonchev–Trinajstić information content (AvgIpc) is 3.17. The molecule has 1 fully saturated rings. The zero-order valence-electron chi connectivity index (χ0n) is 14.0. The van der Waals surface area contributed by atoms with Gasteiger partial charge in [0.25, 0.3) is 0 Å². The third-order valence-electron chi connectivity index (χ3n) is 4.39. The van der Waals surface area contributed by atoms with Gasteiger partial charge in [-0.25, -0.2) is 0 Å². The first-order chi connectivity index (χ1) is 10.6. The summed E-state index contributed by atoms with van der Waals surface area (Å²) in [4.78, 5) is 7.02. The molecule has 124 valence electrons. The average molecular weight is 307 g/mol. The van der Waals surface area contributed by atoms with Gasteiger partial charge in [0.1, 0.15) is 5.76 Å². The van der Waals surface area contributed by atoms with Crippen LogP contribution in [-0.2, 0) is 6.42 Å². The highest BCUT2D eigenvalue weighted by molar-refractivity contribution is 5.80. The van der Waals surface area contributed by atoms with E-state index in [1.165, 1.54) is 0 Å². The van der Waals surface area contributed by atoms with Crippen molar-refractivity contribution in [2.75, 3.05) is 19.6 Å². The maximum atomic E-state index is 9.78. The number of furan rings is 1. The van der Waals surface area contributed by atoms with Crippen LogP contribution in [-0.4, -0.2) is 47.7 Å². The van der Waals surface area contributed by atoms with Gasteiger partial charge >= 0.3 is 0 Å². The van der Waals surface area contributed by atoms with Gasteiger partial charge in [-0.2, -0.15) is 0 Å². The van der Waals surface area contributed by atoms with Crippen molar-refractivity contribution in [2.24, 2.45) is 10.9 Å².